The minimum absolute atomic E-state index is 0.0626. The molecule has 3 atom stereocenters. The van der Waals surface area contributed by atoms with Crippen LogP contribution in [-0.4, -0.2) is 69.3 Å². The van der Waals surface area contributed by atoms with Crippen LogP contribution in [0.4, 0.5) is 0 Å². The molecule has 23 heavy (non-hydrogen) atoms. The summed E-state index contributed by atoms with van der Waals surface area (Å²) in [7, 11) is 0. The third-order valence-corrected chi connectivity index (χ3v) is 4.01. The summed E-state index contributed by atoms with van der Waals surface area (Å²) in [6, 6.07) is -3.01. The quantitative estimate of drug-likeness (QED) is 0.341. The molecule has 3 unspecified atom stereocenters. The van der Waals surface area contributed by atoms with Crippen molar-refractivity contribution in [3.63, 3.8) is 0 Å². The van der Waals surface area contributed by atoms with Crippen molar-refractivity contribution < 1.29 is 29.4 Å². The molecule has 9 nitrogen and oxygen atoms in total. The lowest BCUT2D eigenvalue weighted by atomic mass is 10.1. The molecule has 0 spiro atoms. The lowest BCUT2D eigenvalue weighted by molar-refractivity contribution is -0.149. The van der Waals surface area contributed by atoms with Crippen LogP contribution in [0.5, 0.6) is 0 Å². The molecule has 10 heteroatoms. The summed E-state index contributed by atoms with van der Waals surface area (Å²) < 4.78 is 0. The van der Waals surface area contributed by atoms with Crippen LogP contribution in [0.25, 0.3) is 0 Å². The van der Waals surface area contributed by atoms with Crippen molar-refractivity contribution in [3.05, 3.63) is 0 Å². The molecule has 0 bridgehead atoms. The van der Waals surface area contributed by atoms with Crippen LogP contribution in [0, 0.1) is 0 Å². The Morgan fingerprint density at radius 3 is 2.48 bits per heavy atom. The van der Waals surface area contributed by atoms with Gasteiger partial charge >= 0.3 is 11.9 Å². The van der Waals surface area contributed by atoms with Gasteiger partial charge in [-0.15, -0.1) is 0 Å². The molecule has 1 aliphatic rings. The Hall–Kier alpha value is -1.81. The molecule has 1 aliphatic heterocycles. The van der Waals surface area contributed by atoms with Gasteiger partial charge in [-0.3, -0.25) is 14.4 Å². The van der Waals surface area contributed by atoms with Crippen LogP contribution in [0.2, 0.25) is 0 Å². The molecular formula is C13H21N3O6S. The molecule has 2 amide bonds. The van der Waals surface area contributed by atoms with Gasteiger partial charge in [-0.2, -0.15) is 12.6 Å². The minimum atomic E-state index is -1.12. The Balaban J connectivity index is 2.84. The molecule has 1 saturated heterocycles. The Kier molecular flexibility index (Phi) is 7.30. The molecule has 1 rings (SSSR count). The van der Waals surface area contributed by atoms with E-state index < -0.39 is 41.9 Å². The van der Waals surface area contributed by atoms with Gasteiger partial charge in [0.05, 0.1) is 6.04 Å². The third kappa shape index (κ3) is 5.39. The number of aliphatic carboxylic acids is 2. The second-order valence-corrected chi connectivity index (χ2v) is 5.68. The van der Waals surface area contributed by atoms with Gasteiger partial charge in [0, 0.05) is 18.7 Å². The Bertz CT molecular complexity index is 486. The van der Waals surface area contributed by atoms with Gasteiger partial charge in [-0.1, -0.05) is 0 Å². The number of thiol groups is 1. The molecule has 1 fully saturated rings. The zero-order valence-electron chi connectivity index (χ0n) is 12.5. The number of carbonyl (C=O) groups excluding carboxylic acids is 2. The fourth-order valence-corrected chi connectivity index (χ4v) is 2.54. The molecule has 0 aromatic rings. The van der Waals surface area contributed by atoms with Crippen LogP contribution < -0.4 is 11.1 Å². The van der Waals surface area contributed by atoms with Gasteiger partial charge in [0.2, 0.25) is 11.8 Å². The van der Waals surface area contributed by atoms with E-state index in [9.17, 15) is 19.2 Å². The molecule has 0 aliphatic carbocycles. The molecule has 0 aromatic carbocycles. The van der Waals surface area contributed by atoms with Gasteiger partial charge in [-0.25, -0.2) is 4.79 Å². The molecular weight excluding hydrogens is 326 g/mol. The van der Waals surface area contributed by atoms with Crippen molar-refractivity contribution in [3.8, 4) is 0 Å². The van der Waals surface area contributed by atoms with Gasteiger partial charge in [0.1, 0.15) is 12.1 Å². The van der Waals surface area contributed by atoms with Crippen LogP contribution in [0.1, 0.15) is 25.7 Å². The summed E-state index contributed by atoms with van der Waals surface area (Å²) in [5.74, 6) is -3.41. The summed E-state index contributed by atoms with van der Waals surface area (Å²) in [5, 5.41) is 20.3. The first-order valence-electron chi connectivity index (χ1n) is 7.19. The van der Waals surface area contributed by atoms with Gasteiger partial charge in [0.25, 0.3) is 0 Å². The van der Waals surface area contributed by atoms with E-state index in [0.717, 1.165) is 0 Å². The van der Waals surface area contributed by atoms with Crippen molar-refractivity contribution in [2.75, 3.05) is 12.3 Å². The highest BCUT2D eigenvalue weighted by Gasteiger charge is 2.37. The predicted octanol–water partition coefficient (Wildman–Crippen LogP) is -1.33. The van der Waals surface area contributed by atoms with E-state index in [2.05, 4.69) is 17.9 Å². The maximum atomic E-state index is 12.5. The number of rotatable bonds is 8. The van der Waals surface area contributed by atoms with Crippen molar-refractivity contribution in [1.29, 1.82) is 0 Å². The van der Waals surface area contributed by atoms with Crippen LogP contribution >= 0.6 is 12.6 Å². The molecule has 5 N–H and O–H groups in total. The smallest absolute Gasteiger partial charge is 0.326 e. The summed E-state index contributed by atoms with van der Waals surface area (Å²) in [6.45, 7) is 0.258. The predicted molar refractivity (Wildman–Crippen MR) is 83.0 cm³/mol. The first kappa shape index (κ1) is 19.2. The number of carboxylic acid groups (broad SMARTS) is 2. The Morgan fingerprint density at radius 2 is 1.96 bits per heavy atom. The average Bonchev–Trinajstić information content (AvgIpc) is 2.99. The van der Waals surface area contributed by atoms with Crippen LogP contribution in [-0.2, 0) is 19.2 Å². The minimum Gasteiger partial charge on any atom is -0.481 e. The first-order chi connectivity index (χ1) is 10.8. The van der Waals surface area contributed by atoms with Crippen LogP contribution in [0.15, 0.2) is 0 Å². The number of carboxylic acids is 2. The lowest BCUT2D eigenvalue weighted by Gasteiger charge is -2.27. The maximum absolute atomic E-state index is 12.5. The molecule has 1 heterocycles. The molecule has 0 aromatic heterocycles. The number of likely N-dealkylation sites (tertiary alicyclic amines) is 1. The fourth-order valence-electron chi connectivity index (χ4n) is 2.37. The number of nitrogens with one attached hydrogen (secondary N) is 1. The van der Waals surface area contributed by atoms with E-state index in [1.165, 1.54) is 4.90 Å². The van der Waals surface area contributed by atoms with E-state index in [4.69, 9.17) is 15.9 Å². The number of amides is 2. The van der Waals surface area contributed by atoms with Crippen molar-refractivity contribution in [1.82, 2.24) is 10.2 Å². The van der Waals surface area contributed by atoms with Crippen molar-refractivity contribution in [2.45, 2.75) is 43.8 Å². The van der Waals surface area contributed by atoms with Crippen molar-refractivity contribution >= 4 is 36.4 Å². The van der Waals surface area contributed by atoms with Gasteiger partial charge in [-0.05, 0) is 19.3 Å². The Morgan fingerprint density at radius 1 is 1.30 bits per heavy atom. The number of nitrogens with zero attached hydrogens (tertiary/aromatic N) is 1. The van der Waals surface area contributed by atoms with Crippen LogP contribution in [0.3, 0.4) is 0 Å². The van der Waals surface area contributed by atoms with Crippen molar-refractivity contribution in [2.24, 2.45) is 5.73 Å². The van der Waals surface area contributed by atoms with E-state index in [1.807, 2.05) is 0 Å². The lowest BCUT2D eigenvalue weighted by Crippen LogP contribution is -2.54. The number of hydrogen-bond acceptors (Lipinski definition) is 6. The second-order valence-electron chi connectivity index (χ2n) is 5.31. The second kappa shape index (κ2) is 8.73. The zero-order chi connectivity index (χ0) is 17.6. The zero-order valence-corrected chi connectivity index (χ0v) is 13.4. The van der Waals surface area contributed by atoms with Gasteiger partial charge in [0.15, 0.2) is 0 Å². The Labute approximate surface area is 138 Å². The normalized spacial score (nSPS) is 19.9. The summed E-state index contributed by atoms with van der Waals surface area (Å²) in [6.07, 6.45) is 0.399. The SMILES string of the molecule is NC(CS)C(=O)NC(CCC(=O)O)C(=O)N1CCCC1C(=O)O. The number of nitrogens with two attached hydrogens (primary N) is 1. The number of hydrogen-bond donors (Lipinski definition) is 5. The van der Waals surface area contributed by atoms with E-state index in [-0.39, 0.29) is 25.1 Å². The largest absolute Gasteiger partial charge is 0.481 e. The highest BCUT2D eigenvalue weighted by molar-refractivity contribution is 7.80. The third-order valence-electron chi connectivity index (χ3n) is 3.62. The molecule has 130 valence electrons. The van der Waals surface area contributed by atoms with Gasteiger partial charge < -0.3 is 26.2 Å². The fraction of sp³-hybridized carbons (Fsp3) is 0.692. The summed E-state index contributed by atoms with van der Waals surface area (Å²) in [4.78, 5) is 47.4. The highest BCUT2D eigenvalue weighted by atomic mass is 32.1. The first-order valence-corrected chi connectivity index (χ1v) is 7.83. The van der Waals surface area contributed by atoms with E-state index in [1.54, 1.807) is 0 Å². The summed E-state index contributed by atoms with van der Waals surface area (Å²) >= 11 is 3.89. The molecule has 0 radical (unpaired) electrons. The van der Waals surface area contributed by atoms with E-state index >= 15 is 0 Å². The highest BCUT2D eigenvalue weighted by Crippen LogP contribution is 2.19. The summed E-state index contributed by atoms with van der Waals surface area (Å²) in [5.41, 5.74) is 5.53. The molecule has 0 saturated carbocycles. The number of carbonyl (C=O) groups is 4. The van der Waals surface area contributed by atoms with E-state index in [0.29, 0.717) is 12.8 Å². The average molecular weight is 347 g/mol. The topological polar surface area (TPSA) is 150 Å². The monoisotopic (exact) mass is 347 g/mol. The standard InChI is InChI=1S/C13H21N3O6S/c14-7(6-23)11(19)15-8(3-4-10(17)18)12(20)16-5-1-2-9(16)13(21)22/h7-9,23H,1-6,14H2,(H,15,19)(H,17,18)(H,21,22). The maximum Gasteiger partial charge on any atom is 0.326 e.